The molecule has 6 heteroatoms. The normalized spacial score (nSPS) is 11.9. The number of thiol groups is 1. The fourth-order valence-electron chi connectivity index (χ4n) is 1.32. The molecular weight excluding hydrogens is 256 g/mol. The Morgan fingerprint density at radius 2 is 2.24 bits per heavy atom. The van der Waals surface area contributed by atoms with Gasteiger partial charge in [-0.1, -0.05) is 0 Å². The molecule has 1 atom stereocenters. The molecule has 1 rings (SSSR count). The Hall–Kier alpha value is -1.01. The predicted octanol–water partition coefficient (Wildman–Crippen LogP) is 1.11. The van der Waals surface area contributed by atoms with Gasteiger partial charge in [0.25, 0.3) is 0 Å². The molecule has 0 saturated heterocycles. The first-order valence-electron chi connectivity index (χ1n) is 5.23. The van der Waals surface area contributed by atoms with Crippen molar-refractivity contribution < 1.29 is 9.59 Å². The number of rotatable bonds is 5. The fraction of sp³-hybridized carbons (Fsp3) is 0.455. The second-order valence-electron chi connectivity index (χ2n) is 3.68. The second kappa shape index (κ2) is 6.66. The average Bonchev–Trinajstić information content (AvgIpc) is 2.68. The monoisotopic (exact) mass is 272 g/mol. The second-order valence-corrected chi connectivity index (χ2v) is 5.05. The third-order valence-corrected chi connectivity index (χ3v) is 3.66. The standard InChI is InChI=1S/C11H16N2O2S2/c1-7-3-4-17-10(7)5-12-11(15)9(6-16)13-8(2)14/h3-4,9,16H,5-6H2,1-2H3,(H,12,15)(H,13,14). The van der Waals surface area contributed by atoms with Crippen LogP contribution in [0, 0.1) is 6.92 Å². The quantitative estimate of drug-likeness (QED) is 0.703. The molecule has 0 aromatic carbocycles. The van der Waals surface area contributed by atoms with E-state index in [1.165, 1.54) is 6.92 Å². The first-order valence-corrected chi connectivity index (χ1v) is 6.74. The van der Waals surface area contributed by atoms with Crippen molar-refractivity contribution in [1.29, 1.82) is 0 Å². The molecule has 0 saturated carbocycles. The molecule has 1 heterocycles. The van der Waals surface area contributed by atoms with Gasteiger partial charge in [-0.3, -0.25) is 9.59 Å². The highest BCUT2D eigenvalue weighted by atomic mass is 32.1. The van der Waals surface area contributed by atoms with E-state index in [9.17, 15) is 9.59 Å². The Labute approximate surface area is 110 Å². The third-order valence-electron chi connectivity index (χ3n) is 2.27. The van der Waals surface area contributed by atoms with Gasteiger partial charge < -0.3 is 10.6 Å². The van der Waals surface area contributed by atoms with Crippen LogP contribution in [0.15, 0.2) is 11.4 Å². The number of thiophene rings is 1. The largest absolute Gasteiger partial charge is 0.349 e. The van der Waals surface area contributed by atoms with E-state index in [2.05, 4.69) is 23.3 Å². The lowest BCUT2D eigenvalue weighted by molar-refractivity contribution is -0.127. The van der Waals surface area contributed by atoms with E-state index in [0.717, 1.165) is 10.4 Å². The van der Waals surface area contributed by atoms with Crippen LogP contribution in [0.5, 0.6) is 0 Å². The summed E-state index contributed by atoms with van der Waals surface area (Å²) in [5.74, 6) is -0.149. The van der Waals surface area contributed by atoms with Crippen molar-refractivity contribution in [2.24, 2.45) is 0 Å². The molecule has 0 radical (unpaired) electrons. The molecular formula is C11H16N2O2S2. The van der Waals surface area contributed by atoms with Crippen LogP contribution in [0.2, 0.25) is 0 Å². The molecule has 2 N–H and O–H groups in total. The molecule has 2 amide bonds. The van der Waals surface area contributed by atoms with E-state index in [1.807, 2.05) is 18.4 Å². The Morgan fingerprint density at radius 1 is 1.53 bits per heavy atom. The van der Waals surface area contributed by atoms with Crippen LogP contribution in [-0.4, -0.2) is 23.6 Å². The highest BCUT2D eigenvalue weighted by Crippen LogP contribution is 2.14. The molecule has 0 spiro atoms. The minimum Gasteiger partial charge on any atom is -0.349 e. The van der Waals surface area contributed by atoms with Crippen molar-refractivity contribution in [3.05, 3.63) is 21.9 Å². The molecule has 0 bridgehead atoms. The topological polar surface area (TPSA) is 58.2 Å². The van der Waals surface area contributed by atoms with E-state index in [-0.39, 0.29) is 17.6 Å². The fourth-order valence-corrected chi connectivity index (χ4v) is 2.42. The maximum absolute atomic E-state index is 11.7. The number of aryl methyl sites for hydroxylation is 1. The predicted molar refractivity (Wildman–Crippen MR) is 72.4 cm³/mol. The third kappa shape index (κ3) is 4.40. The maximum Gasteiger partial charge on any atom is 0.243 e. The summed E-state index contributed by atoms with van der Waals surface area (Å²) >= 11 is 5.65. The SMILES string of the molecule is CC(=O)NC(CS)C(=O)NCc1sccc1C. The number of carbonyl (C=O) groups excluding carboxylic acids is 2. The summed E-state index contributed by atoms with van der Waals surface area (Å²) in [5.41, 5.74) is 1.16. The lowest BCUT2D eigenvalue weighted by atomic mass is 10.2. The van der Waals surface area contributed by atoms with Gasteiger partial charge in [-0.25, -0.2) is 0 Å². The molecule has 17 heavy (non-hydrogen) atoms. The molecule has 1 aromatic heterocycles. The lowest BCUT2D eigenvalue weighted by Crippen LogP contribution is -2.47. The zero-order chi connectivity index (χ0) is 12.8. The molecule has 94 valence electrons. The van der Waals surface area contributed by atoms with Gasteiger partial charge in [0.15, 0.2) is 0 Å². The van der Waals surface area contributed by atoms with Crippen LogP contribution in [0.25, 0.3) is 0 Å². The molecule has 4 nitrogen and oxygen atoms in total. The summed E-state index contributed by atoms with van der Waals surface area (Å²) in [7, 11) is 0. The molecule has 0 fully saturated rings. The summed E-state index contributed by atoms with van der Waals surface area (Å²) in [6.45, 7) is 3.88. The Kier molecular flexibility index (Phi) is 5.50. The van der Waals surface area contributed by atoms with Crippen LogP contribution < -0.4 is 10.6 Å². The first kappa shape index (κ1) is 14.1. The first-order chi connectivity index (χ1) is 8.04. The number of nitrogens with one attached hydrogen (secondary N) is 2. The van der Waals surface area contributed by atoms with Crippen molar-refractivity contribution in [2.75, 3.05) is 5.75 Å². The van der Waals surface area contributed by atoms with Crippen LogP contribution in [0.3, 0.4) is 0 Å². The van der Waals surface area contributed by atoms with Crippen LogP contribution in [0.4, 0.5) is 0 Å². The Morgan fingerprint density at radius 3 is 2.71 bits per heavy atom. The van der Waals surface area contributed by atoms with Crippen molar-refractivity contribution >= 4 is 35.8 Å². The van der Waals surface area contributed by atoms with Crippen LogP contribution in [-0.2, 0) is 16.1 Å². The van der Waals surface area contributed by atoms with Crippen LogP contribution in [0.1, 0.15) is 17.4 Å². The summed E-state index contributed by atoms with van der Waals surface area (Å²) in [6.07, 6.45) is 0. The van der Waals surface area contributed by atoms with Gasteiger partial charge in [-0.2, -0.15) is 12.6 Å². The number of carbonyl (C=O) groups is 2. The van der Waals surface area contributed by atoms with Crippen molar-refractivity contribution in [2.45, 2.75) is 26.4 Å². The van der Waals surface area contributed by atoms with Crippen molar-refractivity contribution in [3.8, 4) is 0 Å². The Bertz CT molecular complexity index is 404. The van der Waals surface area contributed by atoms with Gasteiger partial charge in [-0.15, -0.1) is 11.3 Å². The number of hydrogen-bond donors (Lipinski definition) is 3. The van der Waals surface area contributed by atoms with Crippen LogP contribution >= 0.6 is 24.0 Å². The van der Waals surface area contributed by atoms with Gasteiger partial charge in [0.05, 0.1) is 6.54 Å². The van der Waals surface area contributed by atoms with Gasteiger partial charge in [0, 0.05) is 17.6 Å². The maximum atomic E-state index is 11.7. The van der Waals surface area contributed by atoms with E-state index in [4.69, 9.17) is 0 Å². The molecule has 0 aliphatic carbocycles. The summed E-state index contributed by atoms with van der Waals surface area (Å²) < 4.78 is 0. The minimum absolute atomic E-state index is 0.206. The van der Waals surface area contributed by atoms with E-state index in [0.29, 0.717) is 6.54 Å². The molecule has 1 aromatic rings. The smallest absolute Gasteiger partial charge is 0.243 e. The van der Waals surface area contributed by atoms with Crippen molar-refractivity contribution in [3.63, 3.8) is 0 Å². The summed E-state index contributed by atoms with van der Waals surface area (Å²) in [6, 6.07) is 1.44. The van der Waals surface area contributed by atoms with Gasteiger partial charge in [0.2, 0.25) is 11.8 Å². The number of hydrogen-bond acceptors (Lipinski definition) is 4. The van der Waals surface area contributed by atoms with Gasteiger partial charge in [0.1, 0.15) is 6.04 Å². The summed E-state index contributed by atoms with van der Waals surface area (Å²) in [4.78, 5) is 23.8. The zero-order valence-electron chi connectivity index (χ0n) is 9.82. The summed E-state index contributed by atoms with van der Waals surface area (Å²) in [5, 5.41) is 7.33. The van der Waals surface area contributed by atoms with E-state index >= 15 is 0 Å². The van der Waals surface area contributed by atoms with E-state index < -0.39 is 6.04 Å². The minimum atomic E-state index is -0.573. The van der Waals surface area contributed by atoms with Gasteiger partial charge >= 0.3 is 0 Å². The van der Waals surface area contributed by atoms with Crippen molar-refractivity contribution in [1.82, 2.24) is 10.6 Å². The zero-order valence-corrected chi connectivity index (χ0v) is 11.5. The molecule has 0 aliphatic rings. The molecule has 0 aliphatic heterocycles. The van der Waals surface area contributed by atoms with E-state index in [1.54, 1.807) is 11.3 Å². The average molecular weight is 272 g/mol. The highest BCUT2D eigenvalue weighted by Gasteiger charge is 2.17. The number of amides is 2. The molecule has 1 unspecified atom stereocenters. The lowest BCUT2D eigenvalue weighted by Gasteiger charge is -2.15. The Balaban J connectivity index is 2.48. The van der Waals surface area contributed by atoms with Gasteiger partial charge in [-0.05, 0) is 23.9 Å². The highest BCUT2D eigenvalue weighted by molar-refractivity contribution is 7.80.